The van der Waals surface area contributed by atoms with Crippen molar-refractivity contribution in [1.82, 2.24) is 0 Å². The molecule has 36 heavy (non-hydrogen) atoms. The van der Waals surface area contributed by atoms with Crippen molar-refractivity contribution in [3.05, 3.63) is 146 Å². The molecule has 0 saturated heterocycles. The minimum atomic E-state index is -2.74. The smallest absolute Gasteiger partial charge is 0.126 e. The van der Waals surface area contributed by atoms with Gasteiger partial charge >= 0.3 is 0 Å². The van der Waals surface area contributed by atoms with E-state index in [1.54, 1.807) is 0 Å². The molecule has 0 spiro atoms. The first kappa shape index (κ1) is 23.4. The first-order valence-corrected chi connectivity index (χ1v) is 16.0. The van der Waals surface area contributed by atoms with Crippen LogP contribution in [-0.2, 0) is 0 Å². The maximum atomic E-state index is 6.50. The molecular weight excluding hydrogens is 465 g/mol. The number of hydrogen-bond donors (Lipinski definition) is 0. The number of hydrogen-bond acceptors (Lipinski definition) is 0. The van der Waals surface area contributed by atoms with Crippen LogP contribution in [0.4, 0.5) is 0 Å². The number of rotatable bonds is 6. The highest BCUT2D eigenvalue weighted by Crippen LogP contribution is 2.10. The van der Waals surface area contributed by atoms with Gasteiger partial charge in [0.2, 0.25) is 16.1 Å². The van der Waals surface area contributed by atoms with E-state index in [0.29, 0.717) is 0 Å². The second-order valence-corrected chi connectivity index (χ2v) is 15.9. The van der Waals surface area contributed by atoms with Gasteiger partial charge < -0.3 is 0 Å². The highest BCUT2D eigenvalue weighted by Gasteiger charge is 2.42. The van der Waals surface area contributed by atoms with Crippen LogP contribution in [0.2, 0.25) is 0 Å². The summed E-state index contributed by atoms with van der Waals surface area (Å²) in [5, 5.41) is 7.15. The van der Waals surface area contributed by atoms with Crippen molar-refractivity contribution in [2.24, 2.45) is 0 Å². The summed E-state index contributed by atoms with van der Waals surface area (Å²) < 4.78 is 0. The summed E-state index contributed by atoms with van der Waals surface area (Å²) in [6, 6.07) is 51.0. The lowest BCUT2D eigenvalue weighted by atomic mass is 10.3. The molecule has 0 nitrogen and oxygen atoms in total. The molecule has 0 heterocycles. The summed E-state index contributed by atoms with van der Waals surface area (Å²) in [5.41, 5.74) is 6.69. The Labute approximate surface area is 216 Å². The molecular formula is C34H26Si2. The minimum Gasteiger partial charge on any atom is -0.126 e. The summed E-state index contributed by atoms with van der Waals surface area (Å²) in [5.74, 6) is 0. The van der Waals surface area contributed by atoms with Crippen LogP contribution in [0.15, 0.2) is 146 Å². The molecule has 170 valence electrons. The van der Waals surface area contributed by atoms with Crippen molar-refractivity contribution < 1.29 is 0 Å². The van der Waals surface area contributed by atoms with Gasteiger partial charge in [0, 0.05) is 0 Å². The molecule has 2 heteroatoms. The topological polar surface area (TPSA) is 0 Å². The van der Waals surface area contributed by atoms with E-state index in [1.165, 1.54) is 31.1 Å². The second kappa shape index (κ2) is 10.1. The molecule has 0 radical (unpaired) electrons. The lowest BCUT2D eigenvalue weighted by Crippen LogP contribution is -2.70. The zero-order valence-corrected chi connectivity index (χ0v) is 22.0. The van der Waals surface area contributed by atoms with Crippen LogP contribution in [0, 0.1) is 23.9 Å². The Hall–Kier alpha value is -4.35. The van der Waals surface area contributed by atoms with Gasteiger partial charge in [-0.3, -0.25) is 0 Å². The maximum Gasteiger partial charge on any atom is 0.229 e. The summed E-state index contributed by atoms with van der Waals surface area (Å²) in [4.78, 5) is 0. The van der Waals surface area contributed by atoms with E-state index in [4.69, 9.17) is 12.8 Å². The summed E-state index contributed by atoms with van der Waals surface area (Å²) in [6.45, 7) is 0. The molecule has 0 aliphatic carbocycles. The average molecular weight is 491 g/mol. The normalized spacial score (nSPS) is 11.3. The van der Waals surface area contributed by atoms with E-state index < -0.39 is 16.1 Å². The van der Waals surface area contributed by atoms with Gasteiger partial charge in [0.05, 0.1) is 0 Å². The highest BCUT2D eigenvalue weighted by molar-refractivity contribution is 7.18. The Bertz CT molecular complexity index is 1330. The number of terminal acetylenes is 2. The number of benzene rings is 5. The zero-order valence-electron chi connectivity index (χ0n) is 20.0. The van der Waals surface area contributed by atoms with Crippen LogP contribution >= 0.6 is 0 Å². The Balaban J connectivity index is 1.82. The van der Waals surface area contributed by atoms with Crippen molar-refractivity contribution in [2.45, 2.75) is 0 Å². The quantitative estimate of drug-likeness (QED) is 0.195. The van der Waals surface area contributed by atoms with Crippen LogP contribution in [-0.4, -0.2) is 16.1 Å². The fourth-order valence-electron chi connectivity index (χ4n) is 5.24. The lowest BCUT2D eigenvalue weighted by molar-refractivity contribution is 1.69. The van der Waals surface area contributed by atoms with E-state index in [0.717, 1.165) is 0 Å². The minimum absolute atomic E-state index is 1.18. The van der Waals surface area contributed by atoms with Gasteiger partial charge in [0.1, 0.15) is 0 Å². The van der Waals surface area contributed by atoms with Gasteiger partial charge in [-0.25, -0.2) is 0 Å². The second-order valence-electron chi connectivity index (χ2n) is 8.83. The molecule has 0 atom stereocenters. The van der Waals surface area contributed by atoms with Gasteiger partial charge in [-0.15, -0.1) is 23.9 Å². The molecule has 5 aromatic rings. The molecule has 0 fully saturated rings. The molecule has 0 aromatic heterocycles. The molecule has 0 aliphatic heterocycles. The SMILES string of the molecule is C#C[Si](c1ccccc1)(c1ccccc1)c1cccc([Si](C#C)(c2ccccc2)c2ccccc2)c1. The van der Waals surface area contributed by atoms with Crippen LogP contribution in [0.5, 0.6) is 0 Å². The predicted octanol–water partition coefficient (Wildman–Crippen LogP) is 2.97. The van der Waals surface area contributed by atoms with E-state index >= 15 is 0 Å². The third-order valence-corrected chi connectivity index (χ3v) is 15.0. The van der Waals surface area contributed by atoms with Crippen molar-refractivity contribution in [3.63, 3.8) is 0 Å². The van der Waals surface area contributed by atoms with Gasteiger partial charge in [0.25, 0.3) is 0 Å². The van der Waals surface area contributed by atoms with E-state index in [1.807, 2.05) is 24.3 Å². The molecule has 0 aliphatic rings. The molecule has 0 amide bonds. The standard InChI is InChI=1S/C34H26Si2/c1-3-35(29-18-9-5-10-19-29,30-20-11-6-12-21-30)33-26-17-27-34(28-33)36(4-2,31-22-13-7-14-23-31)32-24-15-8-16-25-32/h1-2,5-28H. The van der Waals surface area contributed by atoms with Crippen LogP contribution in [0.1, 0.15) is 0 Å². The van der Waals surface area contributed by atoms with E-state index in [-0.39, 0.29) is 0 Å². The fraction of sp³-hybridized carbons (Fsp3) is 0. The van der Waals surface area contributed by atoms with E-state index in [9.17, 15) is 0 Å². The summed E-state index contributed by atoms with van der Waals surface area (Å²) in [7, 11) is -5.48. The Morgan fingerprint density at radius 1 is 0.333 bits per heavy atom. The van der Waals surface area contributed by atoms with Crippen molar-refractivity contribution in [2.75, 3.05) is 0 Å². The van der Waals surface area contributed by atoms with Crippen molar-refractivity contribution in [1.29, 1.82) is 0 Å². The van der Waals surface area contributed by atoms with E-state index in [2.05, 4.69) is 132 Å². The maximum absolute atomic E-state index is 6.50. The lowest BCUT2D eigenvalue weighted by Gasteiger charge is -2.32. The zero-order chi connectivity index (χ0) is 24.8. The average Bonchev–Trinajstić information content (AvgIpc) is 2.97. The third kappa shape index (κ3) is 3.84. The Kier molecular flexibility index (Phi) is 6.57. The third-order valence-electron chi connectivity index (χ3n) is 6.99. The van der Waals surface area contributed by atoms with Gasteiger partial charge in [-0.2, -0.15) is 0 Å². The summed E-state index contributed by atoms with van der Waals surface area (Å²) in [6.07, 6.45) is 13.0. The van der Waals surface area contributed by atoms with Gasteiger partial charge in [-0.05, 0) is 31.1 Å². The van der Waals surface area contributed by atoms with Crippen molar-refractivity contribution >= 4 is 47.3 Å². The molecule has 0 bridgehead atoms. The monoisotopic (exact) mass is 490 g/mol. The first-order valence-electron chi connectivity index (χ1n) is 12.0. The molecule has 5 rings (SSSR count). The first-order chi connectivity index (χ1) is 17.8. The predicted molar refractivity (Wildman–Crippen MR) is 159 cm³/mol. The van der Waals surface area contributed by atoms with Gasteiger partial charge in [0.15, 0.2) is 0 Å². The van der Waals surface area contributed by atoms with Crippen LogP contribution in [0.3, 0.4) is 0 Å². The summed E-state index contributed by atoms with van der Waals surface area (Å²) >= 11 is 0. The van der Waals surface area contributed by atoms with Gasteiger partial charge in [-0.1, -0.05) is 146 Å². The molecule has 0 saturated carbocycles. The van der Waals surface area contributed by atoms with Crippen LogP contribution in [0.25, 0.3) is 0 Å². The fourth-order valence-corrected chi connectivity index (χ4v) is 12.6. The molecule has 0 unspecified atom stereocenters. The Morgan fingerprint density at radius 2 is 0.583 bits per heavy atom. The highest BCUT2D eigenvalue weighted by atomic mass is 28.3. The largest absolute Gasteiger partial charge is 0.229 e. The molecule has 0 N–H and O–H groups in total. The molecule has 5 aromatic carbocycles. The van der Waals surface area contributed by atoms with Crippen LogP contribution < -0.4 is 31.1 Å². The van der Waals surface area contributed by atoms with Crippen molar-refractivity contribution in [3.8, 4) is 23.9 Å². The Morgan fingerprint density at radius 3 is 0.833 bits per heavy atom.